The molecule has 0 spiro atoms. The first-order valence-electron chi connectivity index (χ1n) is 4.32. The number of hydrogen-bond donors (Lipinski definition) is 1. The van der Waals surface area contributed by atoms with Gasteiger partial charge in [-0.3, -0.25) is 4.79 Å². The molecule has 0 unspecified atom stereocenters. The van der Waals surface area contributed by atoms with Crippen molar-refractivity contribution in [2.75, 3.05) is 7.11 Å². The Morgan fingerprint density at radius 3 is 2.67 bits per heavy atom. The Morgan fingerprint density at radius 2 is 2.13 bits per heavy atom. The molecular formula is C10H11Cl2NO2. The van der Waals surface area contributed by atoms with E-state index in [4.69, 9.17) is 28.9 Å². The number of nitrogens with two attached hydrogens (primary N) is 1. The van der Waals surface area contributed by atoms with Crippen LogP contribution in [0.25, 0.3) is 0 Å². The molecule has 0 bridgehead atoms. The lowest BCUT2D eigenvalue weighted by Gasteiger charge is -2.11. The summed E-state index contributed by atoms with van der Waals surface area (Å²) in [6, 6.07) is 4.61. The van der Waals surface area contributed by atoms with Gasteiger partial charge in [-0.15, -0.1) is 0 Å². The highest BCUT2D eigenvalue weighted by Gasteiger charge is 2.12. The molecule has 5 heteroatoms. The molecule has 1 atom stereocenters. The number of rotatable bonds is 3. The summed E-state index contributed by atoms with van der Waals surface area (Å²) in [4.78, 5) is 11.0. The van der Waals surface area contributed by atoms with E-state index < -0.39 is 6.04 Å². The molecule has 2 N–H and O–H groups in total. The van der Waals surface area contributed by atoms with Crippen LogP contribution in [0.3, 0.4) is 0 Å². The number of methoxy groups -OCH3 is 1. The highest BCUT2D eigenvalue weighted by molar-refractivity contribution is 6.42. The first kappa shape index (κ1) is 12.3. The summed E-state index contributed by atoms with van der Waals surface area (Å²) in [5.74, 6) is -0.353. The summed E-state index contributed by atoms with van der Waals surface area (Å²) >= 11 is 11.6. The predicted octanol–water partition coefficient (Wildman–Crippen LogP) is 2.56. The minimum absolute atomic E-state index is 0.120. The average molecular weight is 248 g/mol. The Balaban J connectivity index is 2.78. The van der Waals surface area contributed by atoms with Crippen LogP contribution >= 0.6 is 23.2 Å². The molecule has 3 nitrogen and oxygen atoms in total. The van der Waals surface area contributed by atoms with Crippen molar-refractivity contribution in [2.24, 2.45) is 5.73 Å². The zero-order chi connectivity index (χ0) is 11.4. The molecule has 0 amide bonds. The van der Waals surface area contributed by atoms with Gasteiger partial charge in [0.05, 0.1) is 23.6 Å². The molecule has 15 heavy (non-hydrogen) atoms. The van der Waals surface area contributed by atoms with Crippen LogP contribution in [0.2, 0.25) is 10.0 Å². The van der Waals surface area contributed by atoms with Crippen molar-refractivity contribution in [3.05, 3.63) is 33.8 Å². The number of esters is 1. The van der Waals surface area contributed by atoms with Gasteiger partial charge in [0.25, 0.3) is 0 Å². The van der Waals surface area contributed by atoms with Crippen LogP contribution in [0.5, 0.6) is 0 Å². The zero-order valence-corrected chi connectivity index (χ0v) is 9.68. The molecule has 1 rings (SSSR count). The molecule has 0 fully saturated rings. The number of halogens is 2. The average Bonchev–Trinajstić information content (AvgIpc) is 2.21. The van der Waals surface area contributed by atoms with Crippen LogP contribution in [-0.2, 0) is 9.53 Å². The van der Waals surface area contributed by atoms with Crippen molar-refractivity contribution in [2.45, 2.75) is 12.5 Å². The number of carbonyl (C=O) groups excluding carboxylic acids is 1. The van der Waals surface area contributed by atoms with Crippen molar-refractivity contribution in [3.63, 3.8) is 0 Å². The molecule has 0 aromatic heterocycles. The van der Waals surface area contributed by atoms with Crippen LogP contribution in [0.4, 0.5) is 0 Å². The zero-order valence-electron chi connectivity index (χ0n) is 8.17. The maximum absolute atomic E-state index is 11.0. The van der Waals surface area contributed by atoms with Crippen molar-refractivity contribution >= 4 is 29.2 Å². The Labute approximate surface area is 98.1 Å². The van der Waals surface area contributed by atoms with E-state index in [-0.39, 0.29) is 12.4 Å². The molecule has 1 aromatic rings. The van der Waals surface area contributed by atoms with Gasteiger partial charge >= 0.3 is 5.97 Å². The monoisotopic (exact) mass is 247 g/mol. The SMILES string of the molecule is COC(=O)C[C@H](N)c1ccc(Cl)c(Cl)c1. The number of carbonyl (C=O) groups is 1. The van der Waals surface area contributed by atoms with Gasteiger partial charge in [0.2, 0.25) is 0 Å². The van der Waals surface area contributed by atoms with E-state index in [0.29, 0.717) is 10.0 Å². The standard InChI is InChI=1S/C10H11Cl2NO2/c1-15-10(14)5-9(13)6-2-3-7(11)8(12)4-6/h2-4,9H,5,13H2,1H3/t9-/m0/s1. The van der Waals surface area contributed by atoms with E-state index in [0.717, 1.165) is 5.56 Å². The number of benzene rings is 1. The van der Waals surface area contributed by atoms with Gasteiger partial charge in [0.15, 0.2) is 0 Å². The van der Waals surface area contributed by atoms with Crippen LogP contribution < -0.4 is 5.73 Å². The van der Waals surface area contributed by atoms with Gasteiger partial charge in [-0.2, -0.15) is 0 Å². The Kier molecular flexibility index (Phi) is 4.39. The third-order valence-electron chi connectivity index (χ3n) is 1.99. The van der Waals surface area contributed by atoms with Crippen molar-refractivity contribution in [3.8, 4) is 0 Å². The minimum atomic E-state index is -0.424. The third-order valence-corrected chi connectivity index (χ3v) is 2.73. The first-order chi connectivity index (χ1) is 7.04. The molecule has 1 aromatic carbocycles. The highest BCUT2D eigenvalue weighted by atomic mass is 35.5. The smallest absolute Gasteiger partial charge is 0.307 e. The van der Waals surface area contributed by atoms with E-state index in [2.05, 4.69) is 4.74 Å². The lowest BCUT2D eigenvalue weighted by Crippen LogP contribution is -2.16. The maximum atomic E-state index is 11.0. The first-order valence-corrected chi connectivity index (χ1v) is 5.07. The molecule has 0 aliphatic carbocycles. The lowest BCUT2D eigenvalue weighted by atomic mass is 10.1. The van der Waals surface area contributed by atoms with Crippen LogP contribution in [0.15, 0.2) is 18.2 Å². The predicted molar refractivity (Wildman–Crippen MR) is 60.0 cm³/mol. The van der Waals surface area contributed by atoms with Crippen LogP contribution in [0, 0.1) is 0 Å². The second-order valence-corrected chi connectivity index (χ2v) is 3.87. The fourth-order valence-corrected chi connectivity index (χ4v) is 1.43. The van der Waals surface area contributed by atoms with Crippen LogP contribution in [-0.4, -0.2) is 13.1 Å². The molecule has 0 radical (unpaired) electrons. The Morgan fingerprint density at radius 1 is 1.47 bits per heavy atom. The van der Waals surface area contributed by atoms with E-state index >= 15 is 0 Å². The molecular weight excluding hydrogens is 237 g/mol. The fourth-order valence-electron chi connectivity index (χ4n) is 1.12. The number of ether oxygens (including phenoxy) is 1. The van der Waals surface area contributed by atoms with Gasteiger partial charge in [0.1, 0.15) is 0 Å². The Bertz CT molecular complexity index is 368. The summed E-state index contributed by atoms with van der Waals surface area (Å²) in [6.07, 6.45) is 0.120. The van der Waals surface area contributed by atoms with Gasteiger partial charge in [-0.1, -0.05) is 29.3 Å². The lowest BCUT2D eigenvalue weighted by molar-refractivity contribution is -0.141. The fraction of sp³-hybridized carbons (Fsp3) is 0.300. The molecule has 0 aliphatic rings. The third kappa shape index (κ3) is 3.38. The summed E-state index contributed by atoms with van der Waals surface area (Å²) in [6.45, 7) is 0. The van der Waals surface area contributed by atoms with Gasteiger partial charge in [-0.25, -0.2) is 0 Å². The van der Waals surface area contributed by atoms with E-state index in [1.165, 1.54) is 7.11 Å². The normalized spacial score (nSPS) is 12.3. The maximum Gasteiger partial charge on any atom is 0.307 e. The molecule has 0 saturated carbocycles. The van der Waals surface area contributed by atoms with Crippen molar-refractivity contribution < 1.29 is 9.53 Å². The summed E-state index contributed by atoms with van der Waals surface area (Å²) < 4.78 is 4.52. The van der Waals surface area contributed by atoms with E-state index in [1.54, 1.807) is 18.2 Å². The van der Waals surface area contributed by atoms with E-state index in [9.17, 15) is 4.79 Å². The topological polar surface area (TPSA) is 52.3 Å². The quantitative estimate of drug-likeness (QED) is 0.836. The van der Waals surface area contributed by atoms with Crippen LogP contribution in [0.1, 0.15) is 18.0 Å². The molecule has 0 heterocycles. The van der Waals surface area contributed by atoms with Gasteiger partial charge in [-0.05, 0) is 17.7 Å². The summed E-state index contributed by atoms with van der Waals surface area (Å²) in [5.41, 5.74) is 6.55. The molecule has 82 valence electrons. The van der Waals surface area contributed by atoms with Crippen molar-refractivity contribution in [1.82, 2.24) is 0 Å². The second-order valence-electron chi connectivity index (χ2n) is 3.06. The van der Waals surface area contributed by atoms with Gasteiger partial charge in [0, 0.05) is 6.04 Å². The Hall–Kier alpha value is -0.770. The minimum Gasteiger partial charge on any atom is -0.469 e. The second kappa shape index (κ2) is 5.35. The highest BCUT2D eigenvalue weighted by Crippen LogP contribution is 2.25. The number of hydrogen-bond acceptors (Lipinski definition) is 3. The van der Waals surface area contributed by atoms with E-state index in [1.807, 2.05) is 0 Å². The largest absolute Gasteiger partial charge is 0.469 e. The molecule has 0 aliphatic heterocycles. The van der Waals surface area contributed by atoms with Gasteiger partial charge < -0.3 is 10.5 Å². The van der Waals surface area contributed by atoms with Crippen molar-refractivity contribution in [1.29, 1.82) is 0 Å². The molecule has 0 saturated heterocycles. The summed E-state index contributed by atoms with van der Waals surface area (Å²) in [7, 11) is 1.32. The summed E-state index contributed by atoms with van der Waals surface area (Å²) in [5, 5.41) is 0.889.